The molecule has 0 fully saturated rings. The zero-order chi connectivity index (χ0) is 13.1. The molecule has 4 N–H and O–H groups in total. The summed E-state index contributed by atoms with van der Waals surface area (Å²) in [4.78, 5) is 7.70. The second kappa shape index (κ2) is 5.16. The first-order chi connectivity index (χ1) is 8.58. The van der Waals surface area contributed by atoms with Gasteiger partial charge in [0.2, 0.25) is 0 Å². The van der Waals surface area contributed by atoms with Crippen molar-refractivity contribution in [2.75, 3.05) is 10.7 Å². The molecule has 0 saturated heterocycles. The minimum atomic E-state index is -0.299. The molecule has 2 aromatic rings. The molecule has 1 aromatic carbocycles. The number of nitrogen functional groups attached to an aromatic ring is 1. The maximum absolute atomic E-state index is 12.8. The molecule has 0 unspecified atom stereocenters. The van der Waals surface area contributed by atoms with Gasteiger partial charge in [0.05, 0.1) is 6.54 Å². The lowest BCUT2D eigenvalue weighted by Crippen LogP contribution is -2.31. The second-order valence-corrected chi connectivity index (χ2v) is 4.01. The Kier molecular flexibility index (Phi) is 3.59. The van der Waals surface area contributed by atoms with E-state index in [0.717, 1.165) is 5.56 Å². The van der Waals surface area contributed by atoms with E-state index in [1.54, 1.807) is 12.1 Å². The lowest BCUT2D eigenvalue weighted by molar-refractivity contribution is 0.626. The Morgan fingerprint density at radius 1 is 1.22 bits per heavy atom. The summed E-state index contributed by atoms with van der Waals surface area (Å²) in [5.74, 6) is 5.88. The van der Waals surface area contributed by atoms with Crippen molar-refractivity contribution in [1.82, 2.24) is 9.97 Å². The third-order valence-electron chi connectivity index (χ3n) is 2.35. The van der Waals surface area contributed by atoms with Crippen LogP contribution in [0, 0.1) is 5.82 Å². The van der Waals surface area contributed by atoms with E-state index < -0.39 is 0 Å². The topological polar surface area (TPSA) is 81.1 Å². The van der Waals surface area contributed by atoms with Gasteiger partial charge in [0.25, 0.3) is 0 Å². The quantitative estimate of drug-likeness (QED) is 0.503. The van der Waals surface area contributed by atoms with Crippen molar-refractivity contribution in [2.45, 2.75) is 6.54 Å². The number of nitrogens with zero attached hydrogens (tertiary/aromatic N) is 3. The summed E-state index contributed by atoms with van der Waals surface area (Å²) in [5, 5.41) is 1.48. The smallest absolute Gasteiger partial charge is 0.171 e. The number of rotatable bonds is 3. The summed E-state index contributed by atoms with van der Waals surface area (Å²) >= 11 is 5.77. The highest BCUT2D eigenvalue weighted by Crippen LogP contribution is 2.24. The van der Waals surface area contributed by atoms with Gasteiger partial charge in [-0.1, -0.05) is 23.7 Å². The molecule has 0 amide bonds. The van der Waals surface area contributed by atoms with Gasteiger partial charge in [0.15, 0.2) is 11.0 Å². The van der Waals surface area contributed by atoms with E-state index in [0.29, 0.717) is 12.4 Å². The summed E-state index contributed by atoms with van der Waals surface area (Å²) in [6, 6.07) is 5.99. The number of hydrazine groups is 1. The maximum Gasteiger partial charge on any atom is 0.171 e. The summed E-state index contributed by atoms with van der Waals surface area (Å²) in [6.07, 6.45) is 1.28. The van der Waals surface area contributed by atoms with E-state index in [9.17, 15) is 4.39 Å². The molecular formula is C11H11ClFN5. The molecule has 18 heavy (non-hydrogen) atoms. The van der Waals surface area contributed by atoms with Crippen LogP contribution in [0.4, 0.5) is 15.9 Å². The predicted octanol–water partition coefficient (Wildman–Crippen LogP) is 1.73. The van der Waals surface area contributed by atoms with Crippen molar-refractivity contribution in [3.05, 3.63) is 47.1 Å². The Labute approximate surface area is 108 Å². The average Bonchev–Trinajstić information content (AvgIpc) is 2.35. The number of anilines is 2. The summed E-state index contributed by atoms with van der Waals surface area (Å²) in [6.45, 7) is 0.331. The van der Waals surface area contributed by atoms with Crippen LogP contribution >= 0.6 is 11.6 Å². The molecule has 0 aliphatic rings. The van der Waals surface area contributed by atoms with Gasteiger partial charge in [0.1, 0.15) is 17.8 Å². The van der Waals surface area contributed by atoms with Gasteiger partial charge in [-0.05, 0) is 17.7 Å². The van der Waals surface area contributed by atoms with Crippen LogP contribution in [0.2, 0.25) is 5.15 Å². The van der Waals surface area contributed by atoms with E-state index in [-0.39, 0.29) is 16.7 Å². The minimum absolute atomic E-state index is 0.148. The van der Waals surface area contributed by atoms with Gasteiger partial charge in [-0.25, -0.2) is 20.2 Å². The molecule has 0 atom stereocenters. The third kappa shape index (κ3) is 2.66. The highest BCUT2D eigenvalue weighted by molar-refractivity contribution is 6.32. The Morgan fingerprint density at radius 3 is 2.56 bits per heavy atom. The second-order valence-electron chi connectivity index (χ2n) is 3.66. The molecule has 0 aliphatic heterocycles. The first kappa shape index (κ1) is 12.5. The van der Waals surface area contributed by atoms with Crippen LogP contribution in [-0.2, 0) is 6.54 Å². The van der Waals surface area contributed by atoms with Crippen LogP contribution < -0.4 is 16.6 Å². The number of nitrogens with two attached hydrogens (primary N) is 2. The highest BCUT2D eigenvalue weighted by Gasteiger charge is 2.11. The number of hydrogen-bond donors (Lipinski definition) is 2. The fraction of sp³-hybridized carbons (Fsp3) is 0.0909. The first-order valence-electron chi connectivity index (χ1n) is 5.10. The normalized spacial score (nSPS) is 10.4. The Hall–Kier alpha value is -1.92. The van der Waals surface area contributed by atoms with E-state index in [1.807, 2.05) is 0 Å². The standard InChI is InChI=1S/C11H11ClFN5/c12-10-9(14)11(17-6-16-10)18(15)5-7-1-3-8(13)4-2-7/h1-4,6H,5,14-15H2. The van der Waals surface area contributed by atoms with E-state index >= 15 is 0 Å². The van der Waals surface area contributed by atoms with Gasteiger partial charge in [-0.3, -0.25) is 5.01 Å². The zero-order valence-electron chi connectivity index (χ0n) is 9.35. The van der Waals surface area contributed by atoms with Gasteiger partial charge in [-0.2, -0.15) is 0 Å². The zero-order valence-corrected chi connectivity index (χ0v) is 10.1. The molecule has 0 bridgehead atoms. The molecule has 7 heteroatoms. The number of benzene rings is 1. The summed E-state index contributed by atoms with van der Waals surface area (Å²) in [7, 11) is 0. The lowest BCUT2D eigenvalue weighted by atomic mass is 10.2. The van der Waals surface area contributed by atoms with Gasteiger partial charge >= 0.3 is 0 Å². The highest BCUT2D eigenvalue weighted by atomic mass is 35.5. The Morgan fingerprint density at radius 2 is 1.89 bits per heavy atom. The van der Waals surface area contributed by atoms with Gasteiger partial charge < -0.3 is 5.73 Å². The lowest BCUT2D eigenvalue weighted by Gasteiger charge is -2.19. The molecule has 94 valence electrons. The van der Waals surface area contributed by atoms with E-state index in [2.05, 4.69) is 9.97 Å². The molecule has 0 aliphatic carbocycles. The van der Waals surface area contributed by atoms with Crippen LogP contribution in [0.5, 0.6) is 0 Å². The molecule has 0 saturated carbocycles. The monoisotopic (exact) mass is 267 g/mol. The van der Waals surface area contributed by atoms with Crippen molar-refractivity contribution in [1.29, 1.82) is 0 Å². The third-order valence-corrected chi connectivity index (χ3v) is 2.65. The minimum Gasteiger partial charge on any atom is -0.393 e. The Bertz CT molecular complexity index is 546. The van der Waals surface area contributed by atoms with Crippen LogP contribution in [0.3, 0.4) is 0 Å². The van der Waals surface area contributed by atoms with Crippen LogP contribution in [0.1, 0.15) is 5.56 Å². The molecule has 5 nitrogen and oxygen atoms in total. The summed E-state index contributed by atoms with van der Waals surface area (Å²) < 4.78 is 12.8. The van der Waals surface area contributed by atoms with Crippen molar-refractivity contribution < 1.29 is 4.39 Å². The number of aromatic nitrogens is 2. The van der Waals surface area contributed by atoms with Crippen molar-refractivity contribution in [3.63, 3.8) is 0 Å². The molecule has 0 spiro atoms. The van der Waals surface area contributed by atoms with E-state index in [1.165, 1.54) is 23.5 Å². The van der Waals surface area contributed by atoms with Crippen LogP contribution in [-0.4, -0.2) is 9.97 Å². The van der Waals surface area contributed by atoms with Crippen LogP contribution in [0.15, 0.2) is 30.6 Å². The SMILES string of the molecule is Nc1c(Cl)ncnc1N(N)Cc1ccc(F)cc1. The van der Waals surface area contributed by atoms with Crippen molar-refractivity contribution >= 4 is 23.1 Å². The number of halogens is 2. The largest absolute Gasteiger partial charge is 0.393 e. The summed E-state index contributed by atoms with van der Waals surface area (Å²) in [5.41, 5.74) is 6.76. The fourth-order valence-corrected chi connectivity index (χ4v) is 1.58. The van der Waals surface area contributed by atoms with E-state index in [4.69, 9.17) is 23.2 Å². The molecular weight excluding hydrogens is 257 g/mol. The van der Waals surface area contributed by atoms with Gasteiger partial charge in [0, 0.05) is 0 Å². The van der Waals surface area contributed by atoms with Crippen LogP contribution in [0.25, 0.3) is 0 Å². The van der Waals surface area contributed by atoms with Crippen molar-refractivity contribution in [2.24, 2.45) is 5.84 Å². The molecule has 1 aromatic heterocycles. The Balaban J connectivity index is 2.19. The van der Waals surface area contributed by atoms with Crippen molar-refractivity contribution in [3.8, 4) is 0 Å². The fourth-order valence-electron chi connectivity index (χ4n) is 1.46. The maximum atomic E-state index is 12.8. The first-order valence-corrected chi connectivity index (χ1v) is 5.48. The average molecular weight is 268 g/mol. The molecule has 0 radical (unpaired) electrons. The molecule has 1 heterocycles. The predicted molar refractivity (Wildman–Crippen MR) is 68.2 cm³/mol. The van der Waals surface area contributed by atoms with Gasteiger partial charge in [-0.15, -0.1) is 0 Å². The molecule has 2 rings (SSSR count). The number of hydrogen-bond acceptors (Lipinski definition) is 5.